The molecule has 0 atom stereocenters. The van der Waals surface area contributed by atoms with E-state index in [9.17, 15) is 4.79 Å². The van der Waals surface area contributed by atoms with Crippen molar-refractivity contribution >= 4 is 34.3 Å². The van der Waals surface area contributed by atoms with Crippen LogP contribution in [0.2, 0.25) is 0 Å². The SMILES string of the molecule is C=CC(=O)Nc1cccc(Oc2nc(Nc3ccc(OCCOC4CC4)cc3)nc3[nH]ccc23)c1. The second-order valence-corrected chi connectivity index (χ2v) is 7.98. The van der Waals surface area contributed by atoms with Crippen molar-refractivity contribution in [2.45, 2.75) is 18.9 Å². The molecule has 0 unspecified atom stereocenters. The summed E-state index contributed by atoms with van der Waals surface area (Å²) in [5, 5.41) is 6.65. The van der Waals surface area contributed by atoms with E-state index in [-0.39, 0.29) is 5.91 Å². The highest BCUT2D eigenvalue weighted by Crippen LogP contribution is 2.30. The van der Waals surface area contributed by atoms with Gasteiger partial charge in [0.2, 0.25) is 17.7 Å². The second-order valence-electron chi connectivity index (χ2n) is 7.98. The summed E-state index contributed by atoms with van der Waals surface area (Å²) in [4.78, 5) is 23.8. The van der Waals surface area contributed by atoms with Crippen molar-refractivity contribution in [3.05, 3.63) is 73.4 Å². The molecule has 1 saturated carbocycles. The van der Waals surface area contributed by atoms with Crippen LogP contribution in [-0.4, -0.2) is 40.2 Å². The van der Waals surface area contributed by atoms with Crippen LogP contribution in [-0.2, 0) is 9.53 Å². The average molecular weight is 472 g/mol. The molecule has 3 N–H and O–H groups in total. The number of nitrogens with zero attached hydrogens (tertiary/aromatic N) is 2. The van der Waals surface area contributed by atoms with Crippen molar-refractivity contribution in [1.82, 2.24) is 15.0 Å². The third-order valence-corrected chi connectivity index (χ3v) is 5.22. The van der Waals surface area contributed by atoms with Crippen molar-refractivity contribution in [1.29, 1.82) is 0 Å². The van der Waals surface area contributed by atoms with Crippen LogP contribution < -0.4 is 20.1 Å². The zero-order valence-corrected chi connectivity index (χ0v) is 19.0. The molecule has 35 heavy (non-hydrogen) atoms. The number of carbonyl (C=O) groups excluding carboxylic acids is 1. The molecule has 1 aliphatic carbocycles. The Morgan fingerprint density at radius 3 is 2.71 bits per heavy atom. The third-order valence-electron chi connectivity index (χ3n) is 5.22. The standard InChI is InChI=1S/C26H25N5O4/c1-2-23(32)28-18-4-3-5-21(16-18)35-25-22-12-13-27-24(22)30-26(31-25)29-17-6-8-19(9-7-17)33-14-15-34-20-10-11-20/h2-9,12-13,16,20H,1,10-11,14-15H2,(H,28,32)(H2,27,29,30,31). The minimum atomic E-state index is -0.299. The van der Waals surface area contributed by atoms with Crippen LogP contribution in [0.1, 0.15) is 12.8 Å². The largest absolute Gasteiger partial charge is 0.491 e. The summed E-state index contributed by atoms with van der Waals surface area (Å²) in [6.45, 7) is 4.59. The maximum absolute atomic E-state index is 11.6. The van der Waals surface area contributed by atoms with E-state index in [4.69, 9.17) is 14.2 Å². The summed E-state index contributed by atoms with van der Waals surface area (Å²) in [7, 11) is 0. The first-order valence-corrected chi connectivity index (χ1v) is 11.3. The Morgan fingerprint density at radius 1 is 1.06 bits per heavy atom. The van der Waals surface area contributed by atoms with E-state index in [0.717, 1.165) is 29.7 Å². The Labute approximate surface area is 202 Å². The van der Waals surface area contributed by atoms with Gasteiger partial charge in [0.25, 0.3) is 0 Å². The number of fused-ring (bicyclic) bond motifs is 1. The van der Waals surface area contributed by atoms with Gasteiger partial charge < -0.3 is 29.8 Å². The van der Waals surface area contributed by atoms with Crippen molar-refractivity contribution < 1.29 is 19.0 Å². The molecule has 1 fully saturated rings. The second kappa shape index (κ2) is 10.3. The summed E-state index contributed by atoms with van der Waals surface area (Å²) in [5.74, 6) is 1.74. The molecule has 0 saturated heterocycles. The zero-order valence-electron chi connectivity index (χ0n) is 19.0. The van der Waals surface area contributed by atoms with Crippen LogP contribution in [0, 0.1) is 0 Å². The highest BCUT2D eigenvalue weighted by atomic mass is 16.5. The molecule has 2 aromatic carbocycles. The number of ether oxygens (including phenoxy) is 3. The van der Waals surface area contributed by atoms with Gasteiger partial charge in [0.15, 0.2) is 0 Å². The molecule has 0 aliphatic heterocycles. The lowest BCUT2D eigenvalue weighted by Crippen LogP contribution is -2.07. The number of hydrogen-bond acceptors (Lipinski definition) is 7. The molecule has 0 radical (unpaired) electrons. The van der Waals surface area contributed by atoms with Crippen LogP contribution >= 0.6 is 0 Å². The normalized spacial score (nSPS) is 12.8. The Morgan fingerprint density at radius 2 is 1.91 bits per heavy atom. The topological polar surface area (TPSA) is 110 Å². The van der Waals surface area contributed by atoms with Gasteiger partial charge in [-0.1, -0.05) is 12.6 Å². The minimum absolute atomic E-state index is 0.299. The Hall–Kier alpha value is -4.37. The zero-order chi connectivity index (χ0) is 24.0. The van der Waals surface area contributed by atoms with Gasteiger partial charge in [-0.25, -0.2) is 0 Å². The van der Waals surface area contributed by atoms with Crippen molar-refractivity contribution in [3.8, 4) is 17.4 Å². The number of nitrogens with one attached hydrogen (secondary N) is 3. The van der Waals surface area contributed by atoms with Gasteiger partial charge in [0.05, 0.1) is 18.1 Å². The summed E-state index contributed by atoms with van der Waals surface area (Å²) >= 11 is 0. The molecular weight excluding hydrogens is 446 g/mol. The van der Waals surface area contributed by atoms with E-state index in [1.807, 2.05) is 30.3 Å². The molecule has 0 bridgehead atoms. The number of H-pyrrole nitrogens is 1. The number of aromatic nitrogens is 3. The van der Waals surface area contributed by atoms with Gasteiger partial charge in [-0.15, -0.1) is 0 Å². The number of carbonyl (C=O) groups is 1. The molecule has 4 aromatic rings. The number of amides is 1. The van der Waals surface area contributed by atoms with E-state index < -0.39 is 0 Å². The highest BCUT2D eigenvalue weighted by Gasteiger charge is 2.21. The summed E-state index contributed by atoms with van der Waals surface area (Å²) in [6.07, 6.45) is 5.73. The first kappa shape index (κ1) is 22.4. The number of rotatable bonds is 11. The molecule has 5 rings (SSSR count). The van der Waals surface area contributed by atoms with Gasteiger partial charge in [0, 0.05) is 23.6 Å². The molecular formula is C26H25N5O4. The molecule has 9 nitrogen and oxygen atoms in total. The van der Waals surface area contributed by atoms with Gasteiger partial charge >= 0.3 is 0 Å². The quantitative estimate of drug-likeness (QED) is 0.204. The summed E-state index contributed by atoms with van der Waals surface area (Å²) in [5.41, 5.74) is 2.02. The first-order valence-electron chi connectivity index (χ1n) is 11.3. The fraction of sp³-hybridized carbons (Fsp3) is 0.192. The van der Waals surface area contributed by atoms with E-state index >= 15 is 0 Å². The predicted molar refractivity (Wildman–Crippen MR) is 133 cm³/mol. The highest BCUT2D eigenvalue weighted by molar-refractivity contribution is 5.99. The molecule has 2 heterocycles. The average Bonchev–Trinajstić information content (AvgIpc) is 3.57. The number of aromatic amines is 1. The van der Waals surface area contributed by atoms with E-state index in [0.29, 0.717) is 48.2 Å². The Balaban J connectivity index is 1.28. The number of benzene rings is 2. The fourth-order valence-corrected chi connectivity index (χ4v) is 3.36. The summed E-state index contributed by atoms with van der Waals surface area (Å²) < 4.78 is 17.4. The Kier molecular flexibility index (Phi) is 6.58. The Bertz CT molecular complexity index is 1330. The lowest BCUT2D eigenvalue weighted by Gasteiger charge is -2.11. The molecule has 1 amide bonds. The smallest absolute Gasteiger partial charge is 0.247 e. The summed E-state index contributed by atoms with van der Waals surface area (Å²) in [6, 6.07) is 16.4. The van der Waals surface area contributed by atoms with Crippen molar-refractivity contribution in [3.63, 3.8) is 0 Å². The maximum atomic E-state index is 11.6. The van der Waals surface area contributed by atoms with Crippen molar-refractivity contribution in [2.24, 2.45) is 0 Å². The van der Waals surface area contributed by atoms with Crippen LogP contribution in [0.5, 0.6) is 17.4 Å². The van der Waals surface area contributed by atoms with E-state index in [1.54, 1.807) is 30.5 Å². The van der Waals surface area contributed by atoms with Gasteiger partial charge in [0.1, 0.15) is 23.8 Å². The fourth-order valence-electron chi connectivity index (χ4n) is 3.36. The third kappa shape index (κ3) is 5.96. The van der Waals surface area contributed by atoms with Crippen LogP contribution in [0.4, 0.5) is 17.3 Å². The predicted octanol–water partition coefficient (Wildman–Crippen LogP) is 5.18. The lowest BCUT2D eigenvalue weighted by molar-refractivity contribution is -0.111. The maximum Gasteiger partial charge on any atom is 0.247 e. The van der Waals surface area contributed by atoms with E-state index in [2.05, 4.69) is 32.2 Å². The van der Waals surface area contributed by atoms with Crippen LogP contribution in [0.3, 0.4) is 0 Å². The van der Waals surface area contributed by atoms with Gasteiger partial charge in [-0.05, 0) is 61.4 Å². The van der Waals surface area contributed by atoms with Crippen LogP contribution in [0.25, 0.3) is 11.0 Å². The van der Waals surface area contributed by atoms with E-state index in [1.165, 1.54) is 6.08 Å². The number of hydrogen-bond donors (Lipinski definition) is 3. The minimum Gasteiger partial charge on any atom is -0.491 e. The number of anilines is 3. The molecule has 178 valence electrons. The lowest BCUT2D eigenvalue weighted by atomic mass is 10.3. The van der Waals surface area contributed by atoms with Gasteiger partial charge in [-0.2, -0.15) is 9.97 Å². The molecule has 2 aromatic heterocycles. The molecule has 0 spiro atoms. The molecule has 9 heteroatoms. The monoisotopic (exact) mass is 471 g/mol. The first-order chi connectivity index (χ1) is 17.2. The van der Waals surface area contributed by atoms with Crippen LogP contribution in [0.15, 0.2) is 73.4 Å². The van der Waals surface area contributed by atoms with Gasteiger partial charge in [-0.3, -0.25) is 4.79 Å². The van der Waals surface area contributed by atoms with Crippen molar-refractivity contribution in [2.75, 3.05) is 23.8 Å². The molecule has 1 aliphatic rings.